The van der Waals surface area contributed by atoms with Crippen LogP contribution in [0, 0.1) is 0 Å². The number of para-hydroxylation sites is 1. The van der Waals surface area contributed by atoms with Crippen LogP contribution in [-0.4, -0.2) is 67.9 Å². The van der Waals surface area contributed by atoms with Crippen LogP contribution in [0.25, 0.3) is 10.9 Å². The average Bonchev–Trinajstić information content (AvgIpc) is 3.00. The standard InChI is InChI=1S/C21H31N5/c1-24-15-19(16-4-3-7-23-12-16)18-5-2-6-20(21(18)24)26-13-17(14-26)25-10-8-22-9-11-25/h2,5-6,15-17,22-23H,3-4,7-14H2,1H3. The lowest BCUT2D eigenvalue weighted by Gasteiger charge is -2.48. The molecule has 26 heavy (non-hydrogen) atoms. The van der Waals surface area contributed by atoms with E-state index in [4.69, 9.17) is 0 Å². The molecule has 140 valence electrons. The topological polar surface area (TPSA) is 35.5 Å². The second-order valence-electron chi connectivity index (χ2n) is 8.26. The minimum Gasteiger partial charge on any atom is -0.367 e. The maximum atomic E-state index is 3.58. The monoisotopic (exact) mass is 353 g/mol. The number of benzene rings is 1. The molecule has 2 N–H and O–H groups in total. The van der Waals surface area contributed by atoms with Crippen molar-refractivity contribution < 1.29 is 0 Å². The van der Waals surface area contributed by atoms with Gasteiger partial charge >= 0.3 is 0 Å². The van der Waals surface area contributed by atoms with Crippen molar-refractivity contribution in [3.63, 3.8) is 0 Å². The summed E-state index contributed by atoms with van der Waals surface area (Å²) >= 11 is 0. The number of piperazine rings is 1. The van der Waals surface area contributed by atoms with Gasteiger partial charge in [-0.25, -0.2) is 0 Å². The SMILES string of the molecule is Cn1cc(C2CCCNC2)c2cccc(N3CC(N4CCNCC4)C3)c21. The lowest BCUT2D eigenvalue weighted by Crippen LogP contribution is -2.63. The van der Waals surface area contributed by atoms with E-state index in [1.807, 2.05) is 0 Å². The largest absolute Gasteiger partial charge is 0.367 e. The van der Waals surface area contributed by atoms with Gasteiger partial charge in [-0.05, 0) is 36.9 Å². The number of anilines is 1. The van der Waals surface area contributed by atoms with Gasteiger partial charge in [0, 0.05) is 70.5 Å². The highest BCUT2D eigenvalue weighted by Crippen LogP contribution is 2.37. The molecule has 3 aliphatic rings. The summed E-state index contributed by atoms with van der Waals surface area (Å²) in [7, 11) is 2.22. The number of aromatic nitrogens is 1. The molecule has 1 atom stereocenters. The Morgan fingerprint density at radius 3 is 2.65 bits per heavy atom. The fourth-order valence-electron chi connectivity index (χ4n) is 5.11. The summed E-state index contributed by atoms with van der Waals surface area (Å²) in [6.45, 7) is 9.32. The lowest BCUT2D eigenvalue weighted by atomic mass is 9.91. The third-order valence-corrected chi connectivity index (χ3v) is 6.62. The van der Waals surface area contributed by atoms with Crippen molar-refractivity contribution in [2.75, 3.05) is 57.3 Å². The van der Waals surface area contributed by atoms with Crippen LogP contribution >= 0.6 is 0 Å². The molecule has 0 bridgehead atoms. The number of nitrogens with one attached hydrogen (secondary N) is 2. The van der Waals surface area contributed by atoms with E-state index in [1.54, 1.807) is 0 Å². The Morgan fingerprint density at radius 2 is 1.88 bits per heavy atom. The maximum absolute atomic E-state index is 3.58. The Kier molecular flexibility index (Phi) is 4.39. The zero-order valence-corrected chi connectivity index (χ0v) is 15.9. The number of hydrogen-bond acceptors (Lipinski definition) is 4. The predicted octanol–water partition coefficient (Wildman–Crippen LogP) is 1.74. The Balaban J connectivity index is 1.40. The number of hydrogen-bond donors (Lipinski definition) is 2. The molecule has 5 heteroatoms. The van der Waals surface area contributed by atoms with Crippen molar-refractivity contribution >= 4 is 16.6 Å². The molecule has 5 rings (SSSR count). The fraction of sp³-hybridized carbons (Fsp3) is 0.619. The number of piperidine rings is 1. The smallest absolute Gasteiger partial charge is 0.0718 e. The van der Waals surface area contributed by atoms with Crippen molar-refractivity contribution in [2.45, 2.75) is 24.8 Å². The van der Waals surface area contributed by atoms with E-state index < -0.39 is 0 Å². The molecule has 3 aliphatic heterocycles. The lowest BCUT2D eigenvalue weighted by molar-refractivity contribution is 0.147. The van der Waals surface area contributed by atoms with E-state index in [2.05, 4.69) is 56.4 Å². The van der Waals surface area contributed by atoms with Crippen molar-refractivity contribution in [3.8, 4) is 0 Å². The van der Waals surface area contributed by atoms with Crippen LogP contribution in [0.15, 0.2) is 24.4 Å². The van der Waals surface area contributed by atoms with E-state index in [-0.39, 0.29) is 0 Å². The van der Waals surface area contributed by atoms with Gasteiger partial charge in [-0.1, -0.05) is 12.1 Å². The molecule has 0 saturated carbocycles. The zero-order chi connectivity index (χ0) is 17.5. The highest BCUT2D eigenvalue weighted by atomic mass is 15.3. The summed E-state index contributed by atoms with van der Waals surface area (Å²) in [5.74, 6) is 0.660. The highest BCUT2D eigenvalue weighted by Gasteiger charge is 2.34. The van der Waals surface area contributed by atoms with Gasteiger partial charge in [0.2, 0.25) is 0 Å². The Bertz CT molecular complexity index is 764. The van der Waals surface area contributed by atoms with Gasteiger partial charge in [0.15, 0.2) is 0 Å². The van der Waals surface area contributed by atoms with E-state index in [0.717, 1.165) is 25.7 Å². The van der Waals surface area contributed by atoms with Crippen LogP contribution in [0.1, 0.15) is 24.3 Å². The van der Waals surface area contributed by atoms with E-state index >= 15 is 0 Å². The predicted molar refractivity (Wildman–Crippen MR) is 108 cm³/mol. The third kappa shape index (κ3) is 2.82. The summed E-state index contributed by atoms with van der Waals surface area (Å²) in [6.07, 6.45) is 4.99. The highest BCUT2D eigenvalue weighted by molar-refractivity contribution is 5.95. The minimum atomic E-state index is 0.660. The number of nitrogens with zero attached hydrogens (tertiary/aromatic N) is 3. The van der Waals surface area contributed by atoms with E-state index in [0.29, 0.717) is 5.92 Å². The van der Waals surface area contributed by atoms with Gasteiger partial charge in [-0.2, -0.15) is 0 Å². The van der Waals surface area contributed by atoms with E-state index in [9.17, 15) is 0 Å². The van der Waals surface area contributed by atoms with Crippen LogP contribution in [0.3, 0.4) is 0 Å². The summed E-state index contributed by atoms with van der Waals surface area (Å²) in [6, 6.07) is 7.64. The molecule has 0 spiro atoms. The van der Waals surface area contributed by atoms with Crippen LogP contribution in [0.5, 0.6) is 0 Å². The molecule has 5 nitrogen and oxygen atoms in total. The molecule has 4 heterocycles. The number of fused-ring (bicyclic) bond motifs is 1. The molecule has 1 aromatic heterocycles. The third-order valence-electron chi connectivity index (χ3n) is 6.62. The Hall–Kier alpha value is -1.56. The first kappa shape index (κ1) is 16.6. The molecule has 0 amide bonds. The second kappa shape index (κ2) is 6.87. The Labute approximate surface area is 156 Å². The molecule has 3 saturated heterocycles. The maximum Gasteiger partial charge on any atom is 0.0718 e. The molecule has 1 aromatic carbocycles. The molecule has 2 aromatic rings. The number of aryl methyl sites for hydroxylation is 1. The number of rotatable bonds is 3. The second-order valence-corrected chi connectivity index (χ2v) is 8.26. The average molecular weight is 354 g/mol. The Morgan fingerprint density at radius 1 is 1.04 bits per heavy atom. The quantitative estimate of drug-likeness (QED) is 0.881. The van der Waals surface area contributed by atoms with Gasteiger partial charge in [-0.3, -0.25) is 4.90 Å². The van der Waals surface area contributed by atoms with Crippen molar-refractivity contribution in [1.29, 1.82) is 0 Å². The van der Waals surface area contributed by atoms with Gasteiger partial charge < -0.3 is 20.1 Å². The van der Waals surface area contributed by atoms with E-state index in [1.165, 1.54) is 67.7 Å². The first-order valence-corrected chi connectivity index (χ1v) is 10.3. The minimum absolute atomic E-state index is 0.660. The van der Waals surface area contributed by atoms with Gasteiger partial charge in [0.1, 0.15) is 0 Å². The molecular formula is C21H31N5. The van der Waals surface area contributed by atoms with Crippen LogP contribution < -0.4 is 15.5 Å². The normalized spacial score (nSPS) is 25.6. The molecule has 1 unspecified atom stereocenters. The van der Waals surface area contributed by atoms with Crippen molar-refractivity contribution in [1.82, 2.24) is 20.1 Å². The zero-order valence-electron chi connectivity index (χ0n) is 15.9. The summed E-state index contributed by atoms with van der Waals surface area (Å²) in [4.78, 5) is 5.25. The van der Waals surface area contributed by atoms with Gasteiger partial charge in [0.25, 0.3) is 0 Å². The van der Waals surface area contributed by atoms with Gasteiger partial charge in [-0.15, -0.1) is 0 Å². The first-order valence-electron chi connectivity index (χ1n) is 10.3. The first-order chi connectivity index (χ1) is 12.8. The molecule has 0 radical (unpaired) electrons. The molecule has 3 fully saturated rings. The fourth-order valence-corrected chi connectivity index (χ4v) is 5.11. The van der Waals surface area contributed by atoms with Crippen LogP contribution in [0.4, 0.5) is 5.69 Å². The van der Waals surface area contributed by atoms with Crippen LogP contribution in [-0.2, 0) is 7.05 Å². The summed E-state index contributed by atoms with van der Waals surface area (Å²) in [5, 5.41) is 8.50. The molecule has 0 aliphatic carbocycles. The van der Waals surface area contributed by atoms with Crippen molar-refractivity contribution in [2.24, 2.45) is 7.05 Å². The van der Waals surface area contributed by atoms with Gasteiger partial charge in [0.05, 0.1) is 11.2 Å². The molecular weight excluding hydrogens is 322 g/mol. The summed E-state index contributed by atoms with van der Waals surface area (Å²) in [5.41, 5.74) is 4.38. The van der Waals surface area contributed by atoms with Crippen LogP contribution in [0.2, 0.25) is 0 Å². The summed E-state index contributed by atoms with van der Waals surface area (Å²) < 4.78 is 2.37. The van der Waals surface area contributed by atoms with Crippen molar-refractivity contribution in [3.05, 3.63) is 30.0 Å².